The van der Waals surface area contributed by atoms with Crippen molar-refractivity contribution in [3.8, 4) is 5.75 Å². The zero-order valence-electron chi connectivity index (χ0n) is 16.1. The van der Waals surface area contributed by atoms with Crippen molar-refractivity contribution < 1.29 is 23.1 Å². The van der Waals surface area contributed by atoms with Gasteiger partial charge in [-0.1, -0.05) is 23.9 Å². The van der Waals surface area contributed by atoms with Crippen molar-refractivity contribution in [2.75, 3.05) is 12.0 Å². The van der Waals surface area contributed by atoms with E-state index < -0.39 is 28.7 Å². The van der Waals surface area contributed by atoms with E-state index in [1.165, 1.54) is 43.5 Å². The van der Waals surface area contributed by atoms with E-state index >= 15 is 0 Å². The first-order valence-corrected chi connectivity index (χ1v) is 9.69. The first kappa shape index (κ1) is 21.4. The van der Waals surface area contributed by atoms with Gasteiger partial charge in [-0.05, 0) is 37.3 Å². The number of nitrogens with zero attached hydrogens (tertiary/aromatic N) is 3. The van der Waals surface area contributed by atoms with Gasteiger partial charge in [0, 0.05) is 12.0 Å². The molecule has 0 spiro atoms. The lowest BCUT2D eigenvalue weighted by atomic mass is 10.1. The van der Waals surface area contributed by atoms with Crippen LogP contribution < -0.4 is 15.4 Å². The fourth-order valence-electron chi connectivity index (χ4n) is 2.83. The summed E-state index contributed by atoms with van der Waals surface area (Å²) in [6.07, 6.45) is -0.138. The number of ether oxygens (including phenoxy) is 1. The summed E-state index contributed by atoms with van der Waals surface area (Å²) in [6, 6.07) is 9.87. The third-order valence-electron chi connectivity index (χ3n) is 4.33. The van der Waals surface area contributed by atoms with Crippen LogP contribution >= 0.6 is 11.8 Å². The number of carbonyl (C=O) groups is 2. The predicted molar refractivity (Wildman–Crippen MR) is 112 cm³/mol. The molecule has 0 aromatic heterocycles. The zero-order valence-corrected chi connectivity index (χ0v) is 17.0. The van der Waals surface area contributed by atoms with Crippen molar-refractivity contribution in [3.63, 3.8) is 0 Å². The highest BCUT2D eigenvalue weighted by Crippen LogP contribution is 2.31. The fourth-order valence-corrected chi connectivity index (χ4v) is 3.64. The Bertz CT molecular complexity index is 1060. The molecule has 7 nitrogen and oxygen atoms in total. The Balaban J connectivity index is 1.72. The molecule has 30 heavy (non-hydrogen) atoms. The number of amides is 2. The van der Waals surface area contributed by atoms with Gasteiger partial charge in [0.15, 0.2) is 16.7 Å². The third kappa shape index (κ3) is 4.48. The van der Waals surface area contributed by atoms with E-state index in [9.17, 15) is 18.4 Å². The molecule has 1 aliphatic heterocycles. The minimum atomic E-state index is -0.838. The molecule has 1 atom stereocenters. The van der Waals surface area contributed by atoms with Crippen molar-refractivity contribution in [2.24, 2.45) is 15.9 Å². The Morgan fingerprint density at radius 2 is 1.90 bits per heavy atom. The molecule has 0 radical (unpaired) electrons. The molecular weight excluding hydrogens is 414 g/mol. The monoisotopic (exact) mass is 432 g/mol. The van der Waals surface area contributed by atoms with Crippen LogP contribution in [-0.4, -0.2) is 35.1 Å². The summed E-state index contributed by atoms with van der Waals surface area (Å²) < 4.78 is 32.7. The van der Waals surface area contributed by atoms with Gasteiger partial charge in [0.25, 0.3) is 0 Å². The van der Waals surface area contributed by atoms with Crippen molar-refractivity contribution in [1.29, 1.82) is 0 Å². The average Bonchev–Trinajstić information content (AvgIpc) is 2.99. The van der Waals surface area contributed by atoms with E-state index in [0.717, 1.165) is 16.7 Å². The Hall–Kier alpha value is -3.27. The van der Waals surface area contributed by atoms with Gasteiger partial charge in [-0.15, -0.1) is 5.10 Å². The number of para-hydroxylation sites is 1. The maximum absolute atomic E-state index is 14.0. The Morgan fingerprint density at radius 1 is 1.17 bits per heavy atom. The second-order valence-corrected chi connectivity index (χ2v) is 7.53. The number of rotatable bonds is 5. The molecule has 0 bridgehead atoms. The first-order valence-electron chi connectivity index (χ1n) is 8.81. The Labute approximate surface area is 175 Å². The second kappa shape index (κ2) is 9.04. The molecule has 1 saturated heterocycles. The molecule has 10 heteroatoms. The molecule has 2 amide bonds. The van der Waals surface area contributed by atoms with Gasteiger partial charge < -0.3 is 10.5 Å². The van der Waals surface area contributed by atoms with Crippen LogP contribution in [0.2, 0.25) is 0 Å². The smallest absolute Gasteiger partial charge is 0.247 e. The number of imide groups is 1. The van der Waals surface area contributed by atoms with E-state index in [0.29, 0.717) is 11.3 Å². The van der Waals surface area contributed by atoms with Gasteiger partial charge >= 0.3 is 0 Å². The molecule has 156 valence electrons. The van der Waals surface area contributed by atoms with Gasteiger partial charge in [0.05, 0.1) is 18.5 Å². The van der Waals surface area contributed by atoms with Crippen LogP contribution in [-0.2, 0) is 9.59 Å². The van der Waals surface area contributed by atoms with Gasteiger partial charge in [-0.3, -0.25) is 9.59 Å². The summed E-state index contributed by atoms with van der Waals surface area (Å²) in [5.74, 6) is -2.21. The second-order valence-electron chi connectivity index (χ2n) is 6.30. The molecule has 3 rings (SSSR count). The lowest BCUT2D eigenvalue weighted by Gasteiger charge is -2.15. The van der Waals surface area contributed by atoms with Crippen LogP contribution in [0, 0.1) is 11.6 Å². The Kier molecular flexibility index (Phi) is 6.46. The number of anilines is 1. The normalized spacial score (nSPS) is 17.6. The van der Waals surface area contributed by atoms with Crippen LogP contribution in [0.3, 0.4) is 0 Å². The number of hydrogen-bond acceptors (Lipinski definition) is 6. The van der Waals surface area contributed by atoms with Crippen LogP contribution in [0.15, 0.2) is 52.7 Å². The number of hydrogen-bond donors (Lipinski definition) is 1. The van der Waals surface area contributed by atoms with Crippen LogP contribution in [0.25, 0.3) is 0 Å². The van der Waals surface area contributed by atoms with E-state index in [-0.39, 0.29) is 23.0 Å². The quantitative estimate of drug-likeness (QED) is 0.339. The van der Waals surface area contributed by atoms with E-state index in [4.69, 9.17) is 10.5 Å². The molecule has 2 N–H and O–H groups in total. The lowest BCUT2D eigenvalue weighted by molar-refractivity contribution is -0.121. The number of methoxy groups -OCH3 is 1. The third-order valence-corrected chi connectivity index (χ3v) is 5.31. The van der Waals surface area contributed by atoms with E-state index in [1.807, 2.05) is 0 Å². The summed E-state index contributed by atoms with van der Waals surface area (Å²) in [6.45, 7) is 1.62. The molecule has 1 fully saturated rings. The highest BCUT2D eigenvalue weighted by atomic mass is 32.2. The molecule has 0 aliphatic carbocycles. The van der Waals surface area contributed by atoms with Gasteiger partial charge in [0.2, 0.25) is 11.8 Å². The van der Waals surface area contributed by atoms with Crippen LogP contribution in [0.1, 0.15) is 18.9 Å². The zero-order chi connectivity index (χ0) is 21.8. The Morgan fingerprint density at radius 3 is 2.57 bits per heavy atom. The molecular formula is C20H18F2N4O3S. The number of nitrogens with two attached hydrogens (primary N) is 1. The molecule has 0 unspecified atom stereocenters. The van der Waals surface area contributed by atoms with E-state index in [1.54, 1.807) is 13.0 Å². The number of thioether (sulfide) groups is 1. The summed E-state index contributed by atoms with van der Waals surface area (Å²) >= 11 is 0.862. The number of amidine groups is 1. The van der Waals surface area contributed by atoms with E-state index in [2.05, 4.69) is 10.2 Å². The topological polar surface area (TPSA) is 97.3 Å². The van der Waals surface area contributed by atoms with Crippen LogP contribution in [0.4, 0.5) is 14.5 Å². The molecule has 1 aliphatic rings. The van der Waals surface area contributed by atoms with Crippen molar-refractivity contribution in [3.05, 3.63) is 59.7 Å². The van der Waals surface area contributed by atoms with Crippen LogP contribution in [0.5, 0.6) is 5.75 Å². The highest BCUT2D eigenvalue weighted by molar-refractivity contribution is 8.14. The molecule has 1 heterocycles. The maximum atomic E-state index is 14.0. The highest BCUT2D eigenvalue weighted by Gasteiger charge is 2.41. The first-order chi connectivity index (χ1) is 14.3. The number of halogens is 2. The molecule has 0 saturated carbocycles. The number of benzene rings is 2. The summed E-state index contributed by atoms with van der Waals surface area (Å²) in [7, 11) is 1.36. The SMILES string of the molecule is COc1ccc(/C(C)=N\N=C(N)S[C@H]2CC(=O)N(c3ccccc3F)C2=O)cc1F. The predicted octanol–water partition coefficient (Wildman–Crippen LogP) is 3.08. The van der Waals surface area contributed by atoms with Gasteiger partial charge in [-0.25, -0.2) is 13.7 Å². The summed E-state index contributed by atoms with van der Waals surface area (Å²) in [4.78, 5) is 25.6. The average molecular weight is 432 g/mol. The van der Waals surface area contributed by atoms with Crippen molar-refractivity contribution in [2.45, 2.75) is 18.6 Å². The van der Waals surface area contributed by atoms with Crippen molar-refractivity contribution >= 4 is 40.1 Å². The summed E-state index contributed by atoms with van der Waals surface area (Å²) in [5.41, 5.74) is 6.61. The minimum Gasteiger partial charge on any atom is -0.494 e. The lowest BCUT2D eigenvalue weighted by Crippen LogP contribution is -2.32. The maximum Gasteiger partial charge on any atom is 0.247 e. The minimum absolute atomic E-state index is 0.0510. The summed E-state index contributed by atoms with van der Waals surface area (Å²) in [5, 5.41) is 6.91. The largest absolute Gasteiger partial charge is 0.494 e. The number of carbonyl (C=O) groups excluding carboxylic acids is 2. The van der Waals surface area contributed by atoms with Gasteiger partial charge in [-0.2, -0.15) is 5.10 Å². The fraction of sp³-hybridized carbons (Fsp3) is 0.200. The molecule has 2 aromatic rings. The van der Waals surface area contributed by atoms with Crippen molar-refractivity contribution in [1.82, 2.24) is 0 Å². The standard InChI is InChI=1S/C20H18F2N4O3S/c1-11(12-7-8-16(29-2)14(22)9-12)24-25-20(23)30-17-10-18(27)26(19(17)28)15-6-4-3-5-13(15)21/h3-9,17H,10H2,1-2H3,(H2,23,25)/b24-11-/t17-/m0/s1. The van der Waals surface area contributed by atoms with Gasteiger partial charge in [0.1, 0.15) is 11.1 Å². The molecule has 2 aromatic carbocycles.